The van der Waals surface area contributed by atoms with Crippen molar-refractivity contribution in [3.8, 4) is 5.75 Å². The van der Waals surface area contributed by atoms with Crippen LogP contribution in [0, 0.1) is 11.8 Å². The van der Waals surface area contributed by atoms with Gasteiger partial charge in [0.25, 0.3) is 5.91 Å². The Balaban J connectivity index is 1.33. The second-order valence-electron chi connectivity index (χ2n) is 8.20. The zero-order valence-electron chi connectivity index (χ0n) is 15.6. The molecule has 1 saturated carbocycles. The topological polar surface area (TPSA) is 58.8 Å². The van der Waals surface area contributed by atoms with E-state index in [0.29, 0.717) is 12.0 Å². The van der Waals surface area contributed by atoms with Crippen molar-refractivity contribution in [2.24, 2.45) is 17.6 Å². The molecular formula is C21H31N3O2. The molecule has 3 aliphatic rings. The minimum atomic E-state index is 0.108. The molecule has 0 bridgehead atoms. The van der Waals surface area contributed by atoms with E-state index in [1.807, 2.05) is 23.1 Å². The summed E-state index contributed by atoms with van der Waals surface area (Å²) in [7, 11) is 0. The smallest absolute Gasteiger partial charge is 0.260 e. The van der Waals surface area contributed by atoms with Crippen molar-refractivity contribution in [3.63, 3.8) is 0 Å². The van der Waals surface area contributed by atoms with Gasteiger partial charge in [0, 0.05) is 44.3 Å². The number of amides is 1. The summed E-state index contributed by atoms with van der Waals surface area (Å²) in [6, 6.07) is 8.41. The normalized spacial score (nSPS) is 26.9. The number of hydrogen-bond acceptors (Lipinski definition) is 4. The molecule has 2 atom stereocenters. The van der Waals surface area contributed by atoms with Crippen LogP contribution in [-0.2, 0) is 11.3 Å². The van der Waals surface area contributed by atoms with E-state index in [0.717, 1.165) is 62.8 Å². The van der Waals surface area contributed by atoms with Crippen molar-refractivity contribution < 1.29 is 9.53 Å². The molecule has 1 amide bonds. The molecule has 2 heterocycles. The summed E-state index contributed by atoms with van der Waals surface area (Å²) < 4.78 is 5.93. The molecule has 1 aliphatic carbocycles. The molecule has 0 radical (unpaired) electrons. The van der Waals surface area contributed by atoms with Crippen LogP contribution >= 0.6 is 0 Å². The number of likely N-dealkylation sites (tertiary alicyclic amines) is 2. The van der Waals surface area contributed by atoms with Crippen LogP contribution in [0.25, 0.3) is 0 Å². The van der Waals surface area contributed by atoms with Gasteiger partial charge >= 0.3 is 0 Å². The molecule has 1 aromatic carbocycles. The second-order valence-corrected chi connectivity index (χ2v) is 8.20. The molecule has 0 aromatic heterocycles. The van der Waals surface area contributed by atoms with Gasteiger partial charge in [0.05, 0.1) is 0 Å². The third kappa shape index (κ3) is 4.21. The average Bonchev–Trinajstić information content (AvgIpc) is 3.45. The van der Waals surface area contributed by atoms with E-state index < -0.39 is 0 Å². The fourth-order valence-electron chi connectivity index (χ4n) is 4.48. The molecule has 2 aliphatic heterocycles. The van der Waals surface area contributed by atoms with Crippen molar-refractivity contribution in [1.82, 2.24) is 9.80 Å². The Hall–Kier alpha value is -1.59. The monoisotopic (exact) mass is 357 g/mol. The summed E-state index contributed by atoms with van der Waals surface area (Å²) in [5, 5.41) is 0. The van der Waals surface area contributed by atoms with Crippen LogP contribution in [-0.4, -0.2) is 54.5 Å². The van der Waals surface area contributed by atoms with E-state index in [1.54, 1.807) is 0 Å². The van der Waals surface area contributed by atoms with Gasteiger partial charge in [0.1, 0.15) is 5.75 Å². The summed E-state index contributed by atoms with van der Waals surface area (Å²) in [5.74, 6) is 2.45. The number of carbonyl (C=O) groups is 1. The van der Waals surface area contributed by atoms with Gasteiger partial charge in [-0.3, -0.25) is 9.69 Å². The fraction of sp³-hybridized carbons (Fsp3) is 0.667. The SMILES string of the molecule is N[C@@H]1CN(Cc2ccccc2OCC(=O)N2CCCCC2)C[C@H]1C1CC1. The number of nitrogens with two attached hydrogens (primary N) is 1. The van der Waals surface area contributed by atoms with Crippen molar-refractivity contribution >= 4 is 5.91 Å². The maximum atomic E-state index is 12.4. The molecule has 5 heteroatoms. The summed E-state index contributed by atoms with van der Waals surface area (Å²) in [5.41, 5.74) is 7.52. The van der Waals surface area contributed by atoms with Gasteiger partial charge in [0.2, 0.25) is 0 Å². The third-order valence-corrected chi connectivity index (χ3v) is 6.14. The van der Waals surface area contributed by atoms with Crippen LogP contribution in [0.15, 0.2) is 24.3 Å². The first-order valence-electron chi connectivity index (χ1n) is 10.2. The first-order chi connectivity index (χ1) is 12.7. The number of para-hydroxylation sites is 1. The fourth-order valence-corrected chi connectivity index (χ4v) is 4.48. The van der Waals surface area contributed by atoms with Crippen molar-refractivity contribution in [2.45, 2.75) is 44.7 Å². The van der Waals surface area contributed by atoms with Crippen molar-refractivity contribution in [1.29, 1.82) is 0 Å². The summed E-state index contributed by atoms with van der Waals surface area (Å²) >= 11 is 0. The van der Waals surface area contributed by atoms with Gasteiger partial charge in [-0.25, -0.2) is 0 Å². The number of ether oxygens (including phenoxy) is 1. The number of piperidine rings is 1. The minimum Gasteiger partial charge on any atom is -0.483 e. The number of hydrogen-bond donors (Lipinski definition) is 1. The lowest BCUT2D eigenvalue weighted by Crippen LogP contribution is -2.38. The van der Waals surface area contributed by atoms with E-state index in [2.05, 4.69) is 11.0 Å². The Labute approximate surface area is 156 Å². The molecule has 3 fully saturated rings. The first-order valence-corrected chi connectivity index (χ1v) is 10.2. The van der Waals surface area contributed by atoms with Gasteiger partial charge in [-0.2, -0.15) is 0 Å². The van der Waals surface area contributed by atoms with Crippen LogP contribution in [0.4, 0.5) is 0 Å². The molecule has 1 aromatic rings. The Morgan fingerprint density at radius 2 is 1.88 bits per heavy atom. The number of carbonyl (C=O) groups excluding carboxylic acids is 1. The highest BCUT2D eigenvalue weighted by Gasteiger charge is 2.40. The molecule has 4 rings (SSSR count). The lowest BCUT2D eigenvalue weighted by atomic mass is 9.99. The first kappa shape index (κ1) is 17.8. The minimum absolute atomic E-state index is 0.108. The van der Waals surface area contributed by atoms with Gasteiger partial charge in [-0.1, -0.05) is 18.2 Å². The Kier molecular flexibility index (Phi) is 5.46. The Bertz CT molecular complexity index is 625. The highest BCUT2D eigenvalue weighted by molar-refractivity contribution is 5.77. The highest BCUT2D eigenvalue weighted by atomic mass is 16.5. The largest absolute Gasteiger partial charge is 0.483 e. The molecule has 2 saturated heterocycles. The summed E-state index contributed by atoms with van der Waals surface area (Å²) in [6.45, 7) is 4.79. The average molecular weight is 357 g/mol. The van der Waals surface area contributed by atoms with E-state index in [1.165, 1.54) is 19.3 Å². The molecule has 2 N–H and O–H groups in total. The van der Waals surface area contributed by atoms with E-state index in [-0.39, 0.29) is 12.5 Å². The van der Waals surface area contributed by atoms with Crippen LogP contribution in [0.1, 0.15) is 37.7 Å². The lowest BCUT2D eigenvalue weighted by Gasteiger charge is -2.27. The Morgan fingerprint density at radius 3 is 2.65 bits per heavy atom. The number of rotatable bonds is 6. The maximum Gasteiger partial charge on any atom is 0.260 e. The highest BCUT2D eigenvalue weighted by Crippen LogP contribution is 2.41. The van der Waals surface area contributed by atoms with Gasteiger partial charge in [-0.05, 0) is 50.0 Å². The lowest BCUT2D eigenvalue weighted by molar-refractivity contribution is -0.134. The standard InChI is InChI=1S/C21H31N3O2/c22-19-14-23(13-18(19)16-8-9-16)12-17-6-2-3-7-20(17)26-15-21(25)24-10-4-1-5-11-24/h2-3,6-7,16,18-19H,1,4-5,8-15,22H2/t18-,19+/m0/s1. The van der Waals surface area contributed by atoms with Gasteiger partial charge < -0.3 is 15.4 Å². The molecular weight excluding hydrogens is 326 g/mol. The molecule has 0 spiro atoms. The Morgan fingerprint density at radius 1 is 1.12 bits per heavy atom. The maximum absolute atomic E-state index is 12.4. The number of nitrogens with zero attached hydrogens (tertiary/aromatic N) is 2. The van der Waals surface area contributed by atoms with E-state index >= 15 is 0 Å². The summed E-state index contributed by atoms with van der Waals surface area (Å²) in [4.78, 5) is 16.8. The van der Waals surface area contributed by atoms with Gasteiger partial charge in [-0.15, -0.1) is 0 Å². The summed E-state index contributed by atoms with van der Waals surface area (Å²) in [6.07, 6.45) is 6.15. The molecule has 0 unspecified atom stereocenters. The van der Waals surface area contributed by atoms with Crippen LogP contribution in [0.5, 0.6) is 5.75 Å². The quantitative estimate of drug-likeness (QED) is 0.848. The predicted octanol–water partition coefficient (Wildman–Crippen LogP) is 2.25. The molecule has 142 valence electrons. The van der Waals surface area contributed by atoms with E-state index in [4.69, 9.17) is 10.5 Å². The van der Waals surface area contributed by atoms with Crippen molar-refractivity contribution in [2.75, 3.05) is 32.8 Å². The van der Waals surface area contributed by atoms with Crippen LogP contribution < -0.4 is 10.5 Å². The van der Waals surface area contributed by atoms with Crippen LogP contribution in [0.2, 0.25) is 0 Å². The zero-order valence-corrected chi connectivity index (χ0v) is 15.6. The van der Waals surface area contributed by atoms with Gasteiger partial charge in [0.15, 0.2) is 6.61 Å². The second kappa shape index (κ2) is 7.97. The zero-order chi connectivity index (χ0) is 17.9. The van der Waals surface area contributed by atoms with Crippen LogP contribution in [0.3, 0.4) is 0 Å². The molecule has 26 heavy (non-hydrogen) atoms. The number of benzene rings is 1. The predicted molar refractivity (Wildman–Crippen MR) is 102 cm³/mol. The van der Waals surface area contributed by atoms with Crippen molar-refractivity contribution in [3.05, 3.63) is 29.8 Å². The van der Waals surface area contributed by atoms with E-state index in [9.17, 15) is 4.79 Å². The third-order valence-electron chi connectivity index (χ3n) is 6.14. The molecule has 5 nitrogen and oxygen atoms in total.